The fourth-order valence-corrected chi connectivity index (χ4v) is 13.5. The van der Waals surface area contributed by atoms with Gasteiger partial charge in [-0.25, -0.2) is 0 Å². The Labute approximate surface area is 381 Å². The monoisotopic (exact) mass is 954 g/mol. The normalized spacial score (nSPS) is 10.1. The van der Waals surface area contributed by atoms with Gasteiger partial charge in [0.2, 0.25) is 0 Å². The van der Waals surface area contributed by atoms with E-state index in [0.717, 1.165) is 0 Å². The van der Waals surface area contributed by atoms with Crippen molar-refractivity contribution in [1.29, 1.82) is 0 Å². The van der Waals surface area contributed by atoms with Gasteiger partial charge in [0.15, 0.2) is 0 Å². The Morgan fingerprint density at radius 2 is 0.311 bits per heavy atom. The predicted molar refractivity (Wildman–Crippen MR) is 268 cm³/mol. The van der Waals surface area contributed by atoms with Crippen LogP contribution in [0.15, 0.2) is 277 Å². The number of hydrogen-bond acceptors (Lipinski definition) is 2. The van der Waals surface area contributed by atoms with Gasteiger partial charge >= 0.3 is 27.4 Å². The third-order valence-electron chi connectivity index (χ3n) is 9.13. The van der Waals surface area contributed by atoms with Crippen LogP contribution in [0.4, 0.5) is 0 Å². The van der Waals surface area contributed by atoms with Crippen LogP contribution < -0.4 is 47.7 Å². The Balaban J connectivity index is 0.000000166. The topological polar surface area (TPSA) is 29.4 Å². The van der Waals surface area contributed by atoms with Crippen molar-refractivity contribution in [3.05, 3.63) is 278 Å². The minimum Gasteiger partial charge on any atom is -0.0622 e. The van der Waals surface area contributed by atoms with Gasteiger partial charge in [0.05, 0.1) is 0 Å². The van der Waals surface area contributed by atoms with Crippen molar-refractivity contribution in [2.45, 2.75) is 0 Å². The molecule has 0 aliphatic heterocycles. The zero-order chi connectivity index (χ0) is 41.5. The van der Waals surface area contributed by atoms with Crippen molar-refractivity contribution < 1.29 is 18.5 Å². The summed E-state index contributed by atoms with van der Waals surface area (Å²) in [6, 6.07) is 97.0. The number of benzene rings is 9. The van der Waals surface area contributed by atoms with Crippen LogP contribution in [0.5, 0.6) is 0 Å². The van der Waals surface area contributed by atoms with Crippen LogP contribution in [0, 0.1) is 4.91 Å². The molecule has 0 N–H and O–H groups in total. The molecule has 303 valence electrons. The first-order valence-corrected chi connectivity index (χ1v) is 24.4. The van der Waals surface area contributed by atoms with Crippen molar-refractivity contribution >= 4 is 83.9 Å². The molecule has 0 atom stereocenters. The average molecular weight is 954 g/mol. The first kappa shape index (κ1) is 46.8. The molecule has 0 bridgehead atoms. The van der Waals surface area contributed by atoms with Gasteiger partial charge in [-0.05, 0) is 71.5 Å². The van der Waals surface area contributed by atoms with Crippen molar-refractivity contribution in [3.63, 3.8) is 0 Å². The van der Waals surface area contributed by atoms with E-state index in [2.05, 4.69) is 277 Å². The number of hydrogen-bond donors (Lipinski definition) is 0. The molecule has 2 nitrogen and oxygen atoms in total. The molecule has 0 aromatic heterocycles. The average Bonchev–Trinajstić information content (AvgIpc) is 3.33. The summed E-state index contributed by atoms with van der Waals surface area (Å²) in [7, 11) is -1.34. The zero-order valence-electron chi connectivity index (χ0n) is 33.4. The van der Waals surface area contributed by atoms with E-state index in [4.69, 9.17) is 4.91 Å². The number of nitrogens with zero attached hydrogens (tertiary/aromatic N) is 1. The van der Waals surface area contributed by atoms with Gasteiger partial charge in [-0.15, -0.1) is 12.4 Å². The first-order valence-electron chi connectivity index (χ1n) is 19.5. The van der Waals surface area contributed by atoms with Crippen molar-refractivity contribution in [3.8, 4) is 0 Å². The molecule has 0 fully saturated rings. The third-order valence-corrected chi connectivity index (χ3v) is 16.5. The quantitative estimate of drug-likeness (QED) is 0.0805. The molecular formula is C54H46ClNOP3Ru. The largest absolute Gasteiger partial charge is 0.0622 e. The summed E-state index contributed by atoms with van der Waals surface area (Å²) < 4.78 is 2.18. The molecule has 0 radical (unpaired) electrons. The van der Waals surface area contributed by atoms with Gasteiger partial charge < -0.3 is 0 Å². The van der Waals surface area contributed by atoms with E-state index in [0.29, 0.717) is 0 Å². The van der Waals surface area contributed by atoms with E-state index in [1.54, 1.807) is 18.5 Å². The summed E-state index contributed by atoms with van der Waals surface area (Å²) in [6.07, 6.45) is 0. The molecule has 0 spiro atoms. The fraction of sp³-hybridized carbons (Fsp3) is 0. The summed E-state index contributed by atoms with van der Waals surface area (Å²) in [5, 5.41) is 12.6. The van der Waals surface area contributed by atoms with Gasteiger partial charge in [0.25, 0.3) is 0 Å². The maximum Gasteiger partial charge on any atom is -0.0134 e. The molecule has 0 aliphatic carbocycles. The van der Waals surface area contributed by atoms with Crippen molar-refractivity contribution in [1.82, 2.24) is 0 Å². The Morgan fingerprint density at radius 3 is 0.393 bits per heavy atom. The van der Waals surface area contributed by atoms with E-state index in [9.17, 15) is 0 Å². The van der Waals surface area contributed by atoms with Crippen LogP contribution in [0.1, 0.15) is 0 Å². The van der Waals surface area contributed by atoms with Crippen LogP contribution in [-0.2, 0) is 18.5 Å². The maximum atomic E-state index is 8.52. The minimum absolute atomic E-state index is 0. The molecule has 9 rings (SSSR count). The van der Waals surface area contributed by atoms with E-state index < -0.39 is 23.8 Å². The minimum atomic E-state index is -0.446. The second kappa shape index (κ2) is 26.9. The van der Waals surface area contributed by atoms with Crippen LogP contribution >= 0.6 is 36.2 Å². The van der Waals surface area contributed by atoms with Crippen LogP contribution in [-0.4, -0.2) is 0 Å². The van der Waals surface area contributed by atoms with E-state index >= 15 is 0 Å². The smallest absolute Gasteiger partial charge is 0.0134 e. The van der Waals surface area contributed by atoms with Gasteiger partial charge in [0.1, 0.15) is 0 Å². The molecule has 0 heterocycles. The Hall–Kier alpha value is -5.22. The Morgan fingerprint density at radius 1 is 0.230 bits per heavy atom. The molecule has 7 heteroatoms. The molecule has 61 heavy (non-hydrogen) atoms. The molecule has 0 amide bonds. The van der Waals surface area contributed by atoms with Crippen molar-refractivity contribution in [2.75, 3.05) is 0 Å². The molecule has 0 aliphatic rings. The maximum absolute atomic E-state index is 8.52. The molecule has 9 aromatic rings. The van der Waals surface area contributed by atoms with Gasteiger partial charge in [-0.3, -0.25) is 0 Å². The van der Waals surface area contributed by atoms with Crippen LogP contribution in [0.3, 0.4) is 0 Å². The second-order valence-electron chi connectivity index (χ2n) is 13.1. The number of rotatable bonds is 9. The Bertz CT molecular complexity index is 1930. The molecule has 9 aromatic carbocycles. The first-order chi connectivity index (χ1) is 29.8. The molecule has 0 saturated heterocycles. The van der Waals surface area contributed by atoms with E-state index in [-0.39, 0.29) is 12.4 Å². The molecule has 0 unspecified atom stereocenters. The SMILES string of the molecule is Cl.O=[N][Ru].c1ccc(P(c2ccccc2)c2ccccc2)cc1.c1ccc(P(c2ccccc2)c2ccccc2)cc1.c1ccc(P(c2ccccc2)c2ccccc2)cc1. The Kier molecular flexibility index (Phi) is 20.6. The van der Waals surface area contributed by atoms with Crippen molar-refractivity contribution in [2.24, 2.45) is 3.92 Å². The van der Waals surface area contributed by atoms with E-state index in [1.807, 2.05) is 0 Å². The van der Waals surface area contributed by atoms with Crippen LogP contribution in [0.2, 0.25) is 0 Å². The summed E-state index contributed by atoms with van der Waals surface area (Å²) in [5.74, 6) is 0. The standard InChI is InChI=1S/3C18H15P.ClH.NO.Ru/c3*1-4-10-16(11-5-1)19(17-12-6-2-7-13-17)18-14-8-3-9-15-18;;1-2;/h3*1-15H;1H;;/q;;;;-1;+1. The molecule has 0 saturated carbocycles. The summed E-state index contributed by atoms with van der Waals surface area (Å²) in [4.78, 5) is 8.52. The molecular weight excluding hydrogens is 908 g/mol. The van der Waals surface area contributed by atoms with Gasteiger partial charge in [-0.1, -0.05) is 273 Å². The third kappa shape index (κ3) is 14.4. The zero-order valence-corrected chi connectivity index (χ0v) is 38.7. The van der Waals surface area contributed by atoms with Gasteiger partial charge in [0, 0.05) is 0 Å². The summed E-state index contributed by atoms with van der Waals surface area (Å²) in [6.45, 7) is 0. The second-order valence-corrected chi connectivity index (χ2v) is 20.1. The number of halogens is 1. The summed E-state index contributed by atoms with van der Waals surface area (Å²) >= 11 is 1.58. The van der Waals surface area contributed by atoms with Gasteiger partial charge in [-0.2, -0.15) is 0 Å². The summed E-state index contributed by atoms with van der Waals surface area (Å²) in [5.41, 5.74) is 0. The van der Waals surface area contributed by atoms with E-state index in [1.165, 1.54) is 47.7 Å². The number of nitroso groups, excluding NO2 is 1. The predicted octanol–water partition coefficient (Wildman–Crippen LogP) is 11.0. The fourth-order valence-electron chi connectivity index (χ4n) is 6.54. The van der Waals surface area contributed by atoms with Crippen LogP contribution in [0.25, 0.3) is 0 Å².